The van der Waals surface area contributed by atoms with Crippen molar-refractivity contribution in [1.82, 2.24) is 5.01 Å². The SMILES string of the molecule is C#CCN(N)C#N. The van der Waals surface area contributed by atoms with Crippen molar-refractivity contribution in [2.24, 2.45) is 5.84 Å². The first kappa shape index (κ1) is 5.81. The van der Waals surface area contributed by atoms with Gasteiger partial charge in [0.05, 0.1) is 0 Å². The topological polar surface area (TPSA) is 53.0 Å². The number of hydrogen-bond donors (Lipinski definition) is 1. The fourth-order valence-electron chi connectivity index (χ4n) is 0.134. The molecular formula is C4H5N3. The van der Waals surface area contributed by atoms with Crippen LogP contribution >= 0.6 is 0 Å². The summed E-state index contributed by atoms with van der Waals surface area (Å²) in [4.78, 5) is 0. The Morgan fingerprint density at radius 3 is 2.57 bits per heavy atom. The van der Waals surface area contributed by atoms with Gasteiger partial charge in [-0.25, -0.2) is 10.9 Å². The Morgan fingerprint density at radius 2 is 2.43 bits per heavy atom. The van der Waals surface area contributed by atoms with Crippen LogP contribution in [0, 0.1) is 23.8 Å². The average molecular weight is 95.1 g/mol. The van der Waals surface area contributed by atoms with Gasteiger partial charge in [0, 0.05) is 0 Å². The van der Waals surface area contributed by atoms with Gasteiger partial charge in [0.1, 0.15) is 6.54 Å². The van der Waals surface area contributed by atoms with Gasteiger partial charge in [-0.1, -0.05) is 5.92 Å². The number of nitrogens with zero attached hydrogens (tertiary/aromatic N) is 2. The number of terminal acetylenes is 1. The van der Waals surface area contributed by atoms with E-state index in [1.165, 1.54) is 0 Å². The quantitative estimate of drug-likeness (QED) is 0.154. The summed E-state index contributed by atoms with van der Waals surface area (Å²) in [7, 11) is 0. The van der Waals surface area contributed by atoms with Crippen molar-refractivity contribution in [2.75, 3.05) is 6.54 Å². The van der Waals surface area contributed by atoms with E-state index in [-0.39, 0.29) is 6.54 Å². The van der Waals surface area contributed by atoms with Crippen LogP contribution in [0.15, 0.2) is 0 Å². The lowest BCUT2D eigenvalue weighted by molar-refractivity contribution is 0.464. The molecule has 0 aliphatic rings. The molecule has 3 nitrogen and oxygen atoms in total. The lowest BCUT2D eigenvalue weighted by Crippen LogP contribution is -2.25. The third-order valence-corrected chi connectivity index (χ3v) is 0.390. The Balaban J connectivity index is 3.27. The molecule has 0 aliphatic heterocycles. The van der Waals surface area contributed by atoms with Crippen LogP contribution in [-0.4, -0.2) is 11.6 Å². The predicted octanol–water partition coefficient (Wildman–Crippen LogP) is -0.724. The van der Waals surface area contributed by atoms with E-state index in [1.807, 2.05) is 0 Å². The highest BCUT2D eigenvalue weighted by Gasteiger charge is 1.82. The smallest absolute Gasteiger partial charge is 0.195 e. The first-order valence-electron chi connectivity index (χ1n) is 1.66. The maximum atomic E-state index is 7.92. The highest BCUT2D eigenvalue weighted by Crippen LogP contribution is 1.64. The predicted molar refractivity (Wildman–Crippen MR) is 25.3 cm³/mol. The Labute approximate surface area is 42.3 Å². The van der Waals surface area contributed by atoms with Crippen molar-refractivity contribution < 1.29 is 0 Å². The van der Waals surface area contributed by atoms with Gasteiger partial charge in [0.2, 0.25) is 0 Å². The zero-order chi connectivity index (χ0) is 5.70. The molecule has 0 saturated heterocycles. The standard InChI is InChI=1S/C4H5N3/c1-2-3-7(6)4-5/h1H,3,6H2. The molecule has 0 saturated carbocycles. The van der Waals surface area contributed by atoms with Crippen LogP contribution in [0.2, 0.25) is 0 Å². The van der Waals surface area contributed by atoms with E-state index in [1.54, 1.807) is 6.19 Å². The molecule has 0 fully saturated rings. The fraction of sp³-hybridized carbons (Fsp3) is 0.250. The summed E-state index contributed by atoms with van der Waals surface area (Å²) in [5, 5.41) is 8.80. The molecule has 0 amide bonds. The minimum absolute atomic E-state index is 0.177. The van der Waals surface area contributed by atoms with Crippen LogP contribution in [0.5, 0.6) is 0 Å². The molecular weight excluding hydrogens is 90.1 g/mol. The third kappa shape index (κ3) is 2.62. The molecule has 0 heterocycles. The number of nitriles is 1. The zero-order valence-electron chi connectivity index (χ0n) is 3.76. The Kier molecular flexibility index (Phi) is 2.50. The van der Waals surface area contributed by atoms with Crippen LogP contribution in [0.3, 0.4) is 0 Å². The van der Waals surface area contributed by atoms with Crippen molar-refractivity contribution in [3.05, 3.63) is 0 Å². The van der Waals surface area contributed by atoms with Gasteiger partial charge in [0.25, 0.3) is 0 Å². The van der Waals surface area contributed by atoms with E-state index < -0.39 is 0 Å². The van der Waals surface area contributed by atoms with Gasteiger partial charge in [-0.3, -0.25) is 0 Å². The monoisotopic (exact) mass is 95.0 g/mol. The van der Waals surface area contributed by atoms with Gasteiger partial charge in [0.15, 0.2) is 6.19 Å². The van der Waals surface area contributed by atoms with Crippen LogP contribution in [-0.2, 0) is 0 Å². The number of nitrogens with two attached hydrogens (primary N) is 1. The summed E-state index contributed by atoms with van der Waals surface area (Å²) in [6.07, 6.45) is 6.42. The summed E-state index contributed by atoms with van der Waals surface area (Å²) < 4.78 is 0. The maximum Gasteiger partial charge on any atom is 0.195 e. The molecule has 36 valence electrons. The van der Waals surface area contributed by atoms with Crippen LogP contribution < -0.4 is 5.84 Å². The minimum atomic E-state index is 0.177. The largest absolute Gasteiger partial charge is 0.238 e. The average Bonchev–Trinajstić information content (AvgIpc) is 1.68. The molecule has 0 aromatic heterocycles. The van der Waals surface area contributed by atoms with Gasteiger partial charge >= 0.3 is 0 Å². The van der Waals surface area contributed by atoms with Crippen LogP contribution in [0.1, 0.15) is 0 Å². The normalized spacial score (nSPS) is 6.14. The highest BCUT2D eigenvalue weighted by atomic mass is 15.4. The summed E-state index contributed by atoms with van der Waals surface area (Å²) in [5.41, 5.74) is 0. The van der Waals surface area contributed by atoms with Gasteiger partial charge in [-0.15, -0.1) is 6.42 Å². The molecule has 0 unspecified atom stereocenters. The lowest BCUT2D eigenvalue weighted by Gasteiger charge is -1.98. The number of hydrogen-bond acceptors (Lipinski definition) is 3. The summed E-state index contributed by atoms with van der Waals surface area (Å²) in [5.74, 6) is 7.11. The van der Waals surface area contributed by atoms with E-state index in [9.17, 15) is 0 Å². The van der Waals surface area contributed by atoms with E-state index in [4.69, 9.17) is 17.5 Å². The molecule has 3 heteroatoms. The first-order valence-corrected chi connectivity index (χ1v) is 1.66. The molecule has 0 atom stereocenters. The highest BCUT2D eigenvalue weighted by molar-refractivity contribution is 4.89. The molecule has 0 aromatic carbocycles. The second-order valence-corrected chi connectivity index (χ2v) is 0.932. The summed E-state index contributed by atoms with van der Waals surface area (Å²) >= 11 is 0. The third-order valence-electron chi connectivity index (χ3n) is 0.390. The molecule has 0 aliphatic carbocycles. The Bertz CT molecular complexity index is 116. The molecule has 7 heavy (non-hydrogen) atoms. The molecule has 0 spiro atoms. The molecule has 0 rings (SSSR count). The number of rotatable bonds is 1. The second-order valence-electron chi connectivity index (χ2n) is 0.932. The van der Waals surface area contributed by atoms with E-state index in [0.29, 0.717) is 0 Å². The van der Waals surface area contributed by atoms with Crippen molar-refractivity contribution in [2.45, 2.75) is 0 Å². The minimum Gasteiger partial charge on any atom is -0.238 e. The molecule has 2 N–H and O–H groups in total. The van der Waals surface area contributed by atoms with E-state index in [0.717, 1.165) is 5.01 Å². The van der Waals surface area contributed by atoms with Gasteiger partial charge < -0.3 is 0 Å². The van der Waals surface area contributed by atoms with Crippen LogP contribution in [0.4, 0.5) is 0 Å². The van der Waals surface area contributed by atoms with Crippen LogP contribution in [0.25, 0.3) is 0 Å². The molecule has 0 radical (unpaired) electrons. The van der Waals surface area contributed by atoms with Crippen molar-refractivity contribution in [3.63, 3.8) is 0 Å². The Hall–Kier alpha value is -1.19. The lowest BCUT2D eigenvalue weighted by atomic mass is 10.7. The second kappa shape index (κ2) is 3.02. The van der Waals surface area contributed by atoms with E-state index >= 15 is 0 Å². The zero-order valence-corrected chi connectivity index (χ0v) is 3.76. The van der Waals surface area contributed by atoms with Crippen molar-refractivity contribution in [1.29, 1.82) is 5.26 Å². The van der Waals surface area contributed by atoms with Gasteiger partial charge in [-0.2, -0.15) is 5.26 Å². The van der Waals surface area contributed by atoms with Crippen molar-refractivity contribution >= 4 is 0 Å². The number of hydrazine groups is 1. The first-order chi connectivity index (χ1) is 3.31. The maximum absolute atomic E-state index is 7.92. The van der Waals surface area contributed by atoms with Gasteiger partial charge in [-0.05, 0) is 0 Å². The molecule has 0 bridgehead atoms. The molecule has 0 aromatic rings. The fourth-order valence-corrected chi connectivity index (χ4v) is 0.134. The van der Waals surface area contributed by atoms with E-state index in [2.05, 4.69) is 5.92 Å². The Morgan fingerprint density at radius 1 is 1.86 bits per heavy atom. The summed E-state index contributed by atoms with van der Waals surface area (Å²) in [6.45, 7) is 0.177. The van der Waals surface area contributed by atoms with Crippen molar-refractivity contribution in [3.8, 4) is 18.5 Å². The summed E-state index contributed by atoms with van der Waals surface area (Å²) in [6, 6.07) is 0.